The van der Waals surface area contributed by atoms with Crippen LogP contribution in [0.1, 0.15) is 49.8 Å². The maximum absolute atomic E-state index is 12.9. The molecule has 0 saturated carbocycles. The number of carbonyl (C=O) groups is 1. The fraction of sp³-hybridized carbons (Fsp3) is 0.737. The Bertz CT molecular complexity index is 694. The average molecular weight is 345 g/mol. The summed E-state index contributed by atoms with van der Waals surface area (Å²) < 4.78 is 6.98. The molecule has 1 amide bonds. The van der Waals surface area contributed by atoms with Crippen LogP contribution >= 0.6 is 0 Å². The Morgan fingerprint density at radius 2 is 1.96 bits per heavy atom. The van der Waals surface area contributed by atoms with Crippen LogP contribution in [0.2, 0.25) is 0 Å². The third-order valence-corrected chi connectivity index (χ3v) is 5.89. The van der Waals surface area contributed by atoms with Crippen molar-refractivity contribution in [2.24, 2.45) is 5.92 Å². The van der Waals surface area contributed by atoms with E-state index < -0.39 is 0 Å². The van der Waals surface area contributed by atoms with Crippen LogP contribution in [0.4, 0.5) is 0 Å². The first-order chi connectivity index (χ1) is 12.2. The van der Waals surface area contributed by atoms with Gasteiger partial charge >= 0.3 is 0 Å². The number of aromatic nitrogens is 2. The summed E-state index contributed by atoms with van der Waals surface area (Å²) >= 11 is 0. The quantitative estimate of drug-likeness (QED) is 0.834. The number of amides is 1. The number of likely N-dealkylation sites (tertiary alicyclic amines) is 1. The summed E-state index contributed by atoms with van der Waals surface area (Å²) in [5.41, 5.74) is 2.17. The maximum atomic E-state index is 12.9. The Morgan fingerprint density at radius 1 is 1.16 bits per heavy atom. The molecule has 0 bridgehead atoms. The van der Waals surface area contributed by atoms with E-state index in [1.165, 1.54) is 0 Å². The number of nitrogens with zero attached hydrogens (tertiary/aromatic N) is 3. The number of hydrogen-bond acceptors (Lipinski definition) is 4. The summed E-state index contributed by atoms with van der Waals surface area (Å²) in [6, 6.07) is 1.86. The van der Waals surface area contributed by atoms with E-state index in [9.17, 15) is 9.59 Å². The van der Waals surface area contributed by atoms with Crippen molar-refractivity contribution < 1.29 is 9.53 Å². The molecule has 0 aromatic carbocycles. The molecule has 136 valence electrons. The fourth-order valence-electron chi connectivity index (χ4n) is 4.43. The first kappa shape index (κ1) is 16.8. The van der Waals surface area contributed by atoms with Gasteiger partial charge in [-0.15, -0.1) is 0 Å². The molecular formula is C19H27N3O3. The summed E-state index contributed by atoms with van der Waals surface area (Å²) in [4.78, 5) is 27.3. The minimum absolute atomic E-state index is 0.0222. The van der Waals surface area contributed by atoms with Crippen molar-refractivity contribution in [2.75, 3.05) is 19.8 Å². The SMILES string of the molecule is O=C(C1CCOCC1)N1CCCC1Cn1nc2c(cc1=O)CCCC2. The highest BCUT2D eigenvalue weighted by Crippen LogP contribution is 2.25. The molecule has 1 aliphatic carbocycles. The van der Waals surface area contributed by atoms with Crippen molar-refractivity contribution in [3.63, 3.8) is 0 Å². The summed E-state index contributed by atoms with van der Waals surface area (Å²) in [5.74, 6) is 0.333. The van der Waals surface area contributed by atoms with Gasteiger partial charge in [0.2, 0.25) is 5.91 Å². The maximum Gasteiger partial charge on any atom is 0.267 e. The fourth-order valence-corrected chi connectivity index (χ4v) is 4.43. The normalized spacial score (nSPS) is 24.3. The van der Waals surface area contributed by atoms with Crippen molar-refractivity contribution in [2.45, 2.75) is 64.0 Å². The predicted octanol–water partition coefficient (Wildman–Crippen LogP) is 1.54. The van der Waals surface area contributed by atoms with Crippen LogP contribution in [-0.2, 0) is 28.9 Å². The first-order valence-electron chi connectivity index (χ1n) is 9.70. The van der Waals surface area contributed by atoms with Crippen LogP contribution in [0.25, 0.3) is 0 Å². The topological polar surface area (TPSA) is 64.4 Å². The Balaban J connectivity index is 1.49. The standard InChI is InChI=1S/C19H27N3O3/c23-18-12-15-4-1-2-6-17(15)20-22(18)13-16-5-3-9-21(16)19(24)14-7-10-25-11-8-14/h12,14,16H,1-11,13H2. The van der Waals surface area contributed by atoms with E-state index in [1.54, 1.807) is 10.7 Å². The van der Waals surface area contributed by atoms with Crippen LogP contribution in [-0.4, -0.2) is 46.4 Å². The number of ether oxygens (including phenoxy) is 1. The van der Waals surface area contributed by atoms with Crippen molar-refractivity contribution >= 4 is 5.91 Å². The van der Waals surface area contributed by atoms with Gasteiger partial charge in [0.05, 0.1) is 18.3 Å². The zero-order valence-corrected chi connectivity index (χ0v) is 14.8. The Labute approximate surface area is 148 Å². The van der Waals surface area contributed by atoms with Crippen LogP contribution < -0.4 is 5.56 Å². The second kappa shape index (κ2) is 7.28. The molecule has 0 spiro atoms. The molecule has 25 heavy (non-hydrogen) atoms. The molecule has 1 atom stereocenters. The van der Waals surface area contributed by atoms with Gasteiger partial charge in [0, 0.05) is 31.7 Å². The van der Waals surface area contributed by atoms with Gasteiger partial charge < -0.3 is 9.64 Å². The van der Waals surface area contributed by atoms with E-state index in [2.05, 4.69) is 5.10 Å². The molecule has 1 aromatic rings. The number of carbonyl (C=O) groups excluding carboxylic acids is 1. The molecule has 2 aliphatic heterocycles. The predicted molar refractivity (Wildman–Crippen MR) is 93.4 cm³/mol. The third kappa shape index (κ3) is 3.50. The van der Waals surface area contributed by atoms with E-state index in [-0.39, 0.29) is 23.4 Å². The van der Waals surface area contributed by atoms with Crippen LogP contribution in [0.15, 0.2) is 10.9 Å². The highest BCUT2D eigenvalue weighted by molar-refractivity contribution is 5.79. The van der Waals surface area contributed by atoms with Crippen molar-refractivity contribution in [3.05, 3.63) is 27.7 Å². The molecule has 3 aliphatic rings. The van der Waals surface area contributed by atoms with Gasteiger partial charge in [-0.1, -0.05) is 0 Å². The number of rotatable bonds is 3. The van der Waals surface area contributed by atoms with Crippen LogP contribution in [0, 0.1) is 5.92 Å². The second-order valence-electron chi connectivity index (χ2n) is 7.56. The summed E-state index contributed by atoms with van der Waals surface area (Å²) in [6.45, 7) is 2.70. The smallest absolute Gasteiger partial charge is 0.267 e. The molecule has 0 radical (unpaired) electrons. The van der Waals surface area contributed by atoms with Crippen molar-refractivity contribution in [3.8, 4) is 0 Å². The van der Waals surface area contributed by atoms with E-state index in [0.29, 0.717) is 19.8 Å². The Morgan fingerprint density at radius 3 is 2.80 bits per heavy atom. The molecule has 1 aromatic heterocycles. The zero-order valence-electron chi connectivity index (χ0n) is 14.8. The Kier molecular flexibility index (Phi) is 4.88. The monoisotopic (exact) mass is 345 g/mol. The third-order valence-electron chi connectivity index (χ3n) is 5.89. The summed E-state index contributed by atoms with van der Waals surface area (Å²) in [5, 5.41) is 4.63. The molecule has 6 nitrogen and oxygen atoms in total. The highest BCUT2D eigenvalue weighted by atomic mass is 16.5. The van der Waals surface area contributed by atoms with Crippen molar-refractivity contribution in [1.82, 2.24) is 14.7 Å². The van der Waals surface area contributed by atoms with Gasteiger partial charge in [-0.3, -0.25) is 9.59 Å². The number of aryl methyl sites for hydroxylation is 2. The van der Waals surface area contributed by atoms with E-state index in [0.717, 1.165) is 69.2 Å². The van der Waals surface area contributed by atoms with Crippen LogP contribution in [0.5, 0.6) is 0 Å². The van der Waals surface area contributed by atoms with E-state index in [4.69, 9.17) is 4.74 Å². The number of fused-ring (bicyclic) bond motifs is 1. The molecule has 4 rings (SSSR count). The molecule has 3 heterocycles. The average Bonchev–Trinajstić information content (AvgIpc) is 3.10. The van der Waals surface area contributed by atoms with Gasteiger partial charge in [-0.25, -0.2) is 4.68 Å². The first-order valence-corrected chi connectivity index (χ1v) is 9.70. The highest BCUT2D eigenvalue weighted by Gasteiger charge is 2.34. The van der Waals surface area contributed by atoms with Gasteiger partial charge in [0.1, 0.15) is 0 Å². The van der Waals surface area contributed by atoms with Crippen LogP contribution in [0.3, 0.4) is 0 Å². The number of hydrogen-bond donors (Lipinski definition) is 0. The van der Waals surface area contributed by atoms with Crippen molar-refractivity contribution in [1.29, 1.82) is 0 Å². The summed E-state index contributed by atoms with van der Waals surface area (Å²) in [7, 11) is 0. The molecule has 2 saturated heterocycles. The molecule has 0 N–H and O–H groups in total. The molecule has 1 unspecified atom stereocenters. The van der Waals surface area contributed by atoms with Gasteiger partial charge in [0.25, 0.3) is 5.56 Å². The lowest BCUT2D eigenvalue weighted by Crippen LogP contribution is -2.44. The molecular weight excluding hydrogens is 318 g/mol. The second-order valence-corrected chi connectivity index (χ2v) is 7.56. The Hall–Kier alpha value is -1.69. The molecule has 6 heteroatoms. The van der Waals surface area contributed by atoms with Gasteiger partial charge in [-0.2, -0.15) is 5.10 Å². The minimum atomic E-state index is -0.0222. The van der Waals surface area contributed by atoms with E-state index in [1.807, 2.05) is 4.90 Å². The zero-order chi connectivity index (χ0) is 17.2. The molecule has 2 fully saturated rings. The lowest BCUT2D eigenvalue weighted by molar-refractivity contribution is -0.139. The van der Waals surface area contributed by atoms with Gasteiger partial charge in [-0.05, 0) is 56.9 Å². The van der Waals surface area contributed by atoms with Gasteiger partial charge in [0.15, 0.2) is 0 Å². The lowest BCUT2D eigenvalue weighted by atomic mass is 9.97. The lowest BCUT2D eigenvalue weighted by Gasteiger charge is -2.31. The largest absolute Gasteiger partial charge is 0.381 e. The minimum Gasteiger partial charge on any atom is -0.381 e. The van der Waals surface area contributed by atoms with E-state index >= 15 is 0 Å². The summed E-state index contributed by atoms with van der Waals surface area (Å²) in [6.07, 6.45) is 7.84.